The smallest absolute Gasteiger partial charge is 0.374 e. The summed E-state index contributed by atoms with van der Waals surface area (Å²) in [6, 6.07) is 15.1. The van der Waals surface area contributed by atoms with Gasteiger partial charge in [-0.15, -0.1) is 0 Å². The van der Waals surface area contributed by atoms with Crippen LogP contribution in [0, 0.1) is 11.7 Å². The number of amides is 4. The number of pyridine rings is 1. The molecule has 4 aliphatic rings. The Morgan fingerprint density at radius 2 is 1.56 bits per heavy atom. The molecule has 3 saturated heterocycles. The number of nitrogens with zero attached hydrogens (tertiary/aromatic N) is 6. The Hall–Kier alpha value is -6.04. The molecule has 2 aromatic heterocycles. The Labute approximate surface area is 337 Å². The lowest BCUT2D eigenvalue weighted by molar-refractivity contribution is -0.141. The zero-order valence-corrected chi connectivity index (χ0v) is 32.1. The van der Waals surface area contributed by atoms with Crippen molar-refractivity contribution in [3.05, 3.63) is 89.8 Å². The third-order valence-electron chi connectivity index (χ3n) is 11.2. The van der Waals surface area contributed by atoms with Crippen molar-refractivity contribution in [1.29, 1.82) is 0 Å². The molecular weight excluding hydrogens is 773 g/mol. The standard InChI is InChI=1S/C41H44F4N10O4/c42-30-22-27(46-32-11-13-36(56)50-39(32)58)6-12-34(30)54-16-14-25(15-17-54)23-52-18-20-53(21-19-52)28-7-9-29(10-8-28)55-24-33(37(51-55)40(59)47-26-4-5-26)49-38(57)31-2-1-3-35(48-31)41(43,44)45/h1-3,6-10,12,22,24-26,32,46H,4-5,11,13-21,23H2,(H,47,59)(H,49,57)(H,50,56,58). The van der Waals surface area contributed by atoms with Crippen molar-refractivity contribution < 1.29 is 36.7 Å². The summed E-state index contributed by atoms with van der Waals surface area (Å²) in [6.45, 7) is 5.90. The van der Waals surface area contributed by atoms with Crippen LogP contribution >= 0.6 is 0 Å². The highest BCUT2D eigenvalue weighted by Gasteiger charge is 2.34. The molecule has 1 atom stereocenters. The van der Waals surface area contributed by atoms with E-state index < -0.39 is 41.3 Å². The van der Waals surface area contributed by atoms with Gasteiger partial charge in [0.1, 0.15) is 23.2 Å². The summed E-state index contributed by atoms with van der Waals surface area (Å²) >= 11 is 0. The molecule has 0 radical (unpaired) electrons. The van der Waals surface area contributed by atoms with Gasteiger partial charge in [0.05, 0.1) is 23.3 Å². The highest BCUT2D eigenvalue weighted by molar-refractivity contribution is 6.07. The highest BCUT2D eigenvalue weighted by atomic mass is 19.4. The molecule has 0 spiro atoms. The second-order valence-electron chi connectivity index (χ2n) is 15.5. The number of rotatable bonds is 11. The first-order valence-electron chi connectivity index (χ1n) is 19.8. The number of alkyl halides is 3. The van der Waals surface area contributed by atoms with Crippen molar-refractivity contribution in [2.75, 3.05) is 66.2 Å². The predicted octanol–water partition coefficient (Wildman–Crippen LogP) is 4.83. The quantitative estimate of drug-likeness (QED) is 0.122. The average molecular weight is 817 g/mol. The number of anilines is 4. The van der Waals surface area contributed by atoms with Crippen molar-refractivity contribution in [2.45, 2.75) is 56.8 Å². The van der Waals surface area contributed by atoms with Crippen molar-refractivity contribution in [3.8, 4) is 5.69 Å². The summed E-state index contributed by atoms with van der Waals surface area (Å²) in [5.41, 5.74) is 1.02. The van der Waals surface area contributed by atoms with Gasteiger partial charge < -0.3 is 25.8 Å². The van der Waals surface area contributed by atoms with Crippen LogP contribution in [0.25, 0.3) is 5.69 Å². The second-order valence-corrected chi connectivity index (χ2v) is 15.5. The van der Waals surface area contributed by atoms with E-state index in [1.54, 1.807) is 12.1 Å². The molecule has 59 heavy (non-hydrogen) atoms. The van der Waals surface area contributed by atoms with Gasteiger partial charge in [0.2, 0.25) is 11.8 Å². The number of carbonyl (C=O) groups excluding carboxylic acids is 4. The number of piperazine rings is 1. The lowest BCUT2D eigenvalue weighted by Crippen LogP contribution is -2.49. The normalized spacial score (nSPS) is 19.4. The van der Waals surface area contributed by atoms with Gasteiger partial charge in [-0.3, -0.25) is 29.4 Å². The molecule has 5 heterocycles. The van der Waals surface area contributed by atoms with Crippen molar-refractivity contribution in [1.82, 2.24) is 30.3 Å². The monoisotopic (exact) mass is 816 g/mol. The Morgan fingerprint density at radius 1 is 0.831 bits per heavy atom. The van der Waals surface area contributed by atoms with E-state index in [4.69, 9.17) is 0 Å². The molecule has 4 N–H and O–H groups in total. The topological polar surface area (TPSA) is 157 Å². The highest BCUT2D eigenvalue weighted by Crippen LogP contribution is 2.31. The minimum absolute atomic E-state index is 0.00859. The molecule has 1 aliphatic carbocycles. The fourth-order valence-electron chi connectivity index (χ4n) is 7.76. The van der Waals surface area contributed by atoms with Crippen LogP contribution in [0.4, 0.5) is 40.3 Å². The van der Waals surface area contributed by atoms with Crippen LogP contribution in [0.2, 0.25) is 0 Å². The molecule has 1 unspecified atom stereocenters. The Morgan fingerprint density at radius 3 is 2.24 bits per heavy atom. The Kier molecular flexibility index (Phi) is 11.2. The minimum atomic E-state index is -4.72. The van der Waals surface area contributed by atoms with E-state index in [-0.39, 0.29) is 35.6 Å². The maximum Gasteiger partial charge on any atom is 0.433 e. The van der Waals surface area contributed by atoms with Crippen LogP contribution in [-0.4, -0.2) is 101 Å². The van der Waals surface area contributed by atoms with Crippen LogP contribution < -0.4 is 31.1 Å². The molecular formula is C41H44F4N10O4. The number of carbonyl (C=O) groups is 4. The van der Waals surface area contributed by atoms with Crippen LogP contribution in [0.5, 0.6) is 0 Å². The van der Waals surface area contributed by atoms with E-state index in [1.165, 1.54) is 23.0 Å². The fraction of sp³-hybridized carbons (Fsp3) is 0.415. The van der Waals surface area contributed by atoms with E-state index in [0.29, 0.717) is 29.4 Å². The van der Waals surface area contributed by atoms with Gasteiger partial charge in [0, 0.05) is 69.7 Å². The Bertz CT molecular complexity index is 2210. The zero-order valence-electron chi connectivity index (χ0n) is 32.1. The summed E-state index contributed by atoms with van der Waals surface area (Å²) in [5, 5.41) is 15.2. The van der Waals surface area contributed by atoms with E-state index in [9.17, 15) is 32.3 Å². The van der Waals surface area contributed by atoms with E-state index in [2.05, 4.69) is 46.0 Å². The molecule has 4 amide bonds. The van der Waals surface area contributed by atoms with Crippen LogP contribution in [-0.2, 0) is 15.8 Å². The molecule has 0 bridgehead atoms. The number of piperidine rings is 2. The van der Waals surface area contributed by atoms with Gasteiger partial charge in [-0.2, -0.15) is 18.3 Å². The molecule has 4 aromatic rings. The maximum absolute atomic E-state index is 15.2. The van der Waals surface area contributed by atoms with Crippen LogP contribution in [0.1, 0.15) is 65.2 Å². The maximum atomic E-state index is 15.2. The molecule has 4 fully saturated rings. The van der Waals surface area contributed by atoms with Crippen molar-refractivity contribution in [3.63, 3.8) is 0 Å². The van der Waals surface area contributed by atoms with Crippen LogP contribution in [0.3, 0.4) is 0 Å². The first-order valence-corrected chi connectivity index (χ1v) is 19.8. The third-order valence-corrected chi connectivity index (χ3v) is 11.2. The second kappa shape index (κ2) is 16.7. The van der Waals surface area contributed by atoms with Crippen LogP contribution in [0.15, 0.2) is 66.9 Å². The van der Waals surface area contributed by atoms with Gasteiger partial charge in [-0.25, -0.2) is 14.1 Å². The fourth-order valence-corrected chi connectivity index (χ4v) is 7.76. The first kappa shape index (κ1) is 39.8. The summed E-state index contributed by atoms with van der Waals surface area (Å²) in [5.74, 6) is -1.95. The van der Waals surface area contributed by atoms with Crippen molar-refractivity contribution >= 4 is 46.4 Å². The number of benzene rings is 2. The van der Waals surface area contributed by atoms with Gasteiger partial charge >= 0.3 is 6.18 Å². The zero-order chi connectivity index (χ0) is 41.3. The third kappa shape index (κ3) is 9.48. The lowest BCUT2D eigenvalue weighted by Gasteiger charge is -2.40. The lowest BCUT2D eigenvalue weighted by atomic mass is 9.95. The Balaban J connectivity index is 0.831. The van der Waals surface area contributed by atoms with Crippen molar-refractivity contribution in [2.24, 2.45) is 5.92 Å². The molecule has 2 aromatic carbocycles. The molecule has 18 heteroatoms. The first-order chi connectivity index (χ1) is 28.4. The molecule has 1 saturated carbocycles. The molecule has 8 rings (SSSR count). The van der Waals surface area contributed by atoms with Gasteiger partial charge in [0.25, 0.3) is 11.8 Å². The summed E-state index contributed by atoms with van der Waals surface area (Å²) in [4.78, 5) is 59.9. The van der Waals surface area contributed by atoms with E-state index in [1.807, 2.05) is 24.3 Å². The summed E-state index contributed by atoms with van der Waals surface area (Å²) in [7, 11) is 0. The number of hydrogen-bond donors (Lipinski definition) is 4. The summed E-state index contributed by atoms with van der Waals surface area (Å²) in [6.07, 6.45) is 0.896. The molecule has 310 valence electrons. The number of aromatic nitrogens is 3. The minimum Gasteiger partial charge on any atom is -0.374 e. The van der Waals surface area contributed by atoms with E-state index >= 15 is 4.39 Å². The SMILES string of the molecule is O=C1CCC(Nc2ccc(N3CCC(CN4CCN(c5ccc(-n6cc(NC(=O)c7cccc(C(F)(F)F)n7)c(C(=O)NC7CC7)n6)cc5)CC4)CC3)c(F)c2)C(=O)N1. The number of hydrogen-bond acceptors (Lipinski definition) is 10. The van der Waals surface area contributed by atoms with Gasteiger partial charge in [-0.05, 0) is 92.6 Å². The average Bonchev–Trinajstić information content (AvgIpc) is 3.94. The number of imide groups is 1. The predicted molar refractivity (Wildman–Crippen MR) is 211 cm³/mol. The molecule has 14 nitrogen and oxygen atoms in total. The number of nitrogens with one attached hydrogen (secondary N) is 4. The summed E-state index contributed by atoms with van der Waals surface area (Å²) < 4.78 is 56.4. The largest absolute Gasteiger partial charge is 0.433 e. The molecule has 3 aliphatic heterocycles. The van der Waals surface area contributed by atoms with E-state index in [0.717, 1.165) is 89.3 Å². The van der Waals surface area contributed by atoms with Gasteiger partial charge in [0.15, 0.2) is 5.69 Å². The van der Waals surface area contributed by atoms with Gasteiger partial charge in [-0.1, -0.05) is 6.07 Å². The number of halogens is 4.